The molecule has 0 unspecified atom stereocenters. The lowest BCUT2D eigenvalue weighted by Gasteiger charge is -2.19. The maximum atomic E-state index is 14.5. The summed E-state index contributed by atoms with van der Waals surface area (Å²) < 4.78 is 46.9. The van der Waals surface area contributed by atoms with Gasteiger partial charge in [-0.05, 0) is 73.0 Å². The Labute approximate surface area is 263 Å². The molecule has 7 rings (SSSR count). The first kappa shape index (κ1) is 29.9. The van der Waals surface area contributed by atoms with Crippen LogP contribution in [0.1, 0.15) is 59.2 Å². The van der Waals surface area contributed by atoms with E-state index in [2.05, 4.69) is 36.6 Å². The highest BCUT2D eigenvalue weighted by molar-refractivity contribution is 6.10. The molecule has 0 radical (unpaired) electrons. The zero-order valence-corrected chi connectivity index (χ0v) is 25.6. The van der Waals surface area contributed by atoms with Crippen molar-refractivity contribution >= 4 is 17.5 Å². The molecule has 3 aromatic heterocycles. The molecule has 5 heterocycles. The van der Waals surface area contributed by atoms with E-state index in [0.717, 1.165) is 19.5 Å². The molecule has 14 heteroatoms. The van der Waals surface area contributed by atoms with Gasteiger partial charge in [-0.2, -0.15) is 23.5 Å². The monoisotopic (exact) mass is 630 g/mol. The molecular weight excluding hydrogens is 597 g/mol. The van der Waals surface area contributed by atoms with Gasteiger partial charge in [0, 0.05) is 51.3 Å². The molecule has 1 aliphatic carbocycles. The molecule has 1 saturated heterocycles. The third kappa shape index (κ3) is 5.49. The lowest BCUT2D eigenvalue weighted by Crippen LogP contribution is -2.25. The average molecular weight is 631 g/mol. The number of rotatable bonds is 9. The van der Waals surface area contributed by atoms with Crippen LogP contribution in [0.5, 0.6) is 0 Å². The molecule has 3 aliphatic rings. The minimum atomic E-state index is -4.62. The topological polar surface area (TPSA) is 121 Å². The highest BCUT2D eigenvalue weighted by Gasteiger charge is 2.48. The Morgan fingerprint density at radius 1 is 1.11 bits per heavy atom. The molecule has 1 N–H and O–H groups in total. The van der Waals surface area contributed by atoms with Crippen LogP contribution in [0, 0.1) is 16.7 Å². The van der Waals surface area contributed by atoms with Gasteiger partial charge in [0.05, 0.1) is 35.6 Å². The maximum absolute atomic E-state index is 14.5. The van der Waals surface area contributed by atoms with Gasteiger partial charge in [0.2, 0.25) is 0 Å². The van der Waals surface area contributed by atoms with E-state index in [0.29, 0.717) is 65.4 Å². The van der Waals surface area contributed by atoms with Crippen LogP contribution in [0.3, 0.4) is 0 Å². The van der Waals surface area contributed by atoms with Gasteiger partial charge in [-0.3, -0.25) is 19.3 Å². The number of aromatic nitrogens is 6. The van der Waals surface area contributed by atoms with Gasteiger partial charge in [-0.1, -0.05) is 0 Å². The molecule has 238 valence electrons. The van der Waals surface area contributed by atoms with Crippen molar-refractivity contribution in [2.45, 2.75) is 51.4 Å². The Balaban J connectivity index is 1.27. The second-order valence-electron chi connectivity index (χ2n) is 12.6. The number of halogens is 3. The van der Waals surface area contributed by atoms with Gasteiger partial charge < -0.3 is 9.88 Å². The molecule has 4 aromatic rings. The Morgan fingerprint density at radius 2 is 1.93 bits per heavy atom. The standard InChI is InChI=1S/C32H33F3N10O/c1-42-19-38-41-29(42)23-15-39-43(2)28(23)21-13-26(37-9-4-3-8-36)40-27(14-21)45-17-24-22(30(45)46)11-20(12-25(24)32(33,34)35)16-44-10-7-31(18-44)5-6-31/h11-15,19H,3-7,9-10,16-18H2,1-2H3,(H,37,40). The summed E-state index contributed by atoms with van der Waals surface area (Å²) in [5.41, 5.74) is 2.05. The molecule has 2 fully saturated rings. The van der Waals surface area contributed by atoms with E-state index in [1.165, 1.54) is 23.8 Å². The zero-order valence-electron chi connectivity index (χ0n) is 25.6. The lowest BCUT2D eigenvalue weighted by atomic mass is 9.98. The van der Waals surface area contributed by atoms with E-state index in [1.54, 1.807) is 47.0 Å². The summed E-state index contributed by atoms with van der Waals surface area (Å²) in [4.78, 5) is 22.1. The fraction of sp³-hybridized carbons (Fsp3) is 0.438. The SMILES string of the molecule is Cn1cnnc1-c1cnn(C)c1-c1cc(NCCCC#N)nc(N2Cc3c(cc(CN4CCC5(CC5)C4)cc3C(F)(F)F)C2=O)c1. The number of hydrogen-bond acceptors (Lipinski definition) is 8. The van der Waals surface area contributed by atoms with Crippen LogP contribution < -0.4 is 10.2 Å². The number of pyridine rings is 1. The molecule has 1 spiro atoms. The number of nitrogens with zero attached hydrogens (tertiary/aromatic N) is 9. The molecule has 0 bridgehead atoms. The van der Waals surface area contributed by atoms with E-state index in [9.17, 15) is 18.0 Å². The number of carbonyl (C=O) groups excluding carboxylic acids is 1. The zero-order chi connectivity index (χ0) is 32.2. The van der Waals surface area contributed by atoms with Crippen molar-refractivity contribution in [3.05, 3.63) is 59.0 Å². The third-order valence-electron chi connectivity index (χ3n) is 9.31. The van der Waals surface area contributed by atoms with Crippen molar-refractivity contribution in [3.63, 3.8) is 0 Å². The molecule has 46 heavy (non-hydrogen) atoms. The number of unbranched alkanes of at least 4 members (excludes halogenated alkanes) is 1. The van der Waals surface area contributed by atoms with Gasteiger partial charge in [-0.15, -0.1) is 10.2 Å². The van der Waals surface area contributed by atoms with E-state index < -0.39 is 17.6 Å². The number of alkyl halides is 3. The number of benzene rings is 1. The average Bonchev–Trinajstić information content (AvgIpc) is 3.31. The quantitative estimate of drug-likeness (QED) is 0.252. The van der Waals surface area contributed by atoms with Crippen LogP contribution in [0.4, 0.5) is 24.8 Å². The molecule has 1 saturated carbocycles. The third-order valence-corrected chi connectivity index (χ3v) is 9.31. The number of anilines is 2. The second-order valence-corrected chi connectivity index (χ2v) is 12.6. The van der Waals surface area contributed by atoms with E-state index in [-0.39, 0.29) is 23.5 Å². The van der Waals surface area contributed by atoms with Crippen molar-refractivity contribution in [3.8, 4) is 28.7 Å². The van der Waals surface area contributed by atoms with Crippen LogP contribution in [0.25, 0.3) is 22.6 Å². The van der Waals surface area contributed by atoms with Crippen LogP contribution in [-0.2, 0) is 33.4 Å². The van der Waals surface area contributed by atoms with Crippen molar-refractivity contribution in [2.24, 2.45) is 19.5 Å². The van der Waals surface area contributed by atoms with E-state index in [4.69, 9.17) is 5.26 Å². The van der Waals surface area contributed by atoms with Crippen molar-refractivity contribution in [2.75, 3.05) is 29.9 Å². The summed E-state index contributed by atoms with van der Waals surface area (Å²) >= 11 is 0. The largest absolute Gasteiger partial charge is 0.416 e. The maximum Gasteiger partial charge on any atom is 0.416 e. The van der Waals surface area contributed by atoms with Crippen molar-refractivity contribution in [1.29, 1.82) is 5.26 Å². The normalized spacial score (nSPS) is 17.1. The van der Waals surface area contributed by atoms with Gasteiger partial charge in [0.1, 0.15) is 18.0 Å². The Kier molecular flexibility index (Phi) is 7.31. The van der Waals surface area contributed by atoms with Crippen LogP contribution in [-0.4, -0.2) is 60.0 Å². The first-order valence-corrected chi connectivity index (χ1v) is 15.3. The molecule has 11 nitrogen and oxygen atoms in total. The lowest BCUT2D eigenvalue weighted by molar-refractivity contribution is -0.138. The number of nitrogens with one attached hydrogen (secondary N) is 1. The summed E-state index contributed by atoms with van der Waals surface area (Å²) in [6, 6.07) is 8.43. The summed E-state index contributed by atoms with van der Waals surface area (Å²) in [6.45, 7) is 2.29. The number of nitriles is 1. The van der Waals surface area contributed by atoms with Gasteiger partial charge in [0.15, 0.2) is 5.82 Å². The highest BCUT2D eigenvalue weighted by atomic mass is 19.4. The van der Waals surface area contributed by atoms with Crippen molar-refractivity contribution in [1.82, 2.24) is 34.4 Å². The summed E-state index contributed by atoms with van der Waals surface area (Å²) in [7, 11) is 3.58. The summed E-state index contributed by atoms with van der Waals surface area (Å²) in [6.07, 6.45) is 2.95. The van der Waals surface area contributed by atoms with E-state index >= 15 is 0 Å². The summed E-state index contributed by atoms with van der Waals surface area (Å²) in [5, 5.41) is 24.8. The highest BCUT2D eigenvalue weighted by Crippen LogP contribution is 2.53. The number of carbonyl (C=O) groups is 1. The molecule has 2 aliphatic heterocycles. The van der Waals surface area contributed by atoms with Gasteiger partial charge >= 0.3 is 6.18 Å². The fourth-order valence-electron chi connectivity index (χ4n) is 6.74. The first-order chi connectivity index (χ1) is 22.0. The predicted octanol–water partition coefficient (Wildman–Crippen LogP) is 5.16. The van der Waals surface area contributed by atoms with Gasteiger partial charge in [0.25, 0.3) is 5.91 Å². The summed E-state index contributed by atoms with van der Waals surface area (Å²) in [5.74, 6) is 0.666. The predicted molar refractivity (Wildman–Crippen MR) is 163 cm³/mol. The molecular formula is C32H33F3N10O. The smallest absolute Gasteiger partial charge is 0.370 e. The van der Waals surface area contributed by atoms with Crippen molar-refractivity contribution < 1.29 is 18.0 Å². The first-order valence-electron chi connectivity index (χ1n) is 15.3. The Morgan fingerprint density at radius 3 is 2.63 bits per heavy atom. The number of aryl methyl sites for hydroxylation is 2. The van der Waals surface area contributed by atoms with Gasteiger partial charge in [-0.25, -0.2) is 4.98 Å². The fourth-order valence-corrected chi connectivity index (χ4v) is 6.74. The second kappa shape index (κ2) is 11.2. The van der Waals surface area contributed by atoms with E-state index in [1.807, 2.05) is 7.05 Å². The minimum Gasteiger partial charge on any atom is -0.370 e. The number of fused-ring (bicyclic) bond motifs is 1. The van der Waals surface area contributed by atoms with Crippen LogP contribution in [0.15, 0.2) is 36.8 Å². The number of amides is 1. The molecule has 0 atom stereocenters. The van der Waals surface area contributed by atoms with Crippen LogP contribution >= 0.6 is 0 Å². The minimum absolute atomic E-state index is 0.0441. The Hall–Kier alpha value is -4.77. The molecule has 1 amide bonds. The number of hydrogen-bond donors (Lipinski definition) is 1. The number of likely N-dealkylation sites (tertiary alicyclic amines) is 1. The molecule has 1 aromatic carbocycles. The Bertz CT molecular complexity index is 1870. The van der Waals surface area contributed by atoms with Crippen LogP contribution in [0.2, 0.25) is 0 Å².